The lowest BCUT2D eigenvalue weighted by Gasteiger charge is -2.30. The predicted octanol–water partition coefficient (Wildman–Crippen LogP) is 0.255. The number of nitrogens with two attached hydrogens (primary N) is 1. The maximum Gasteiger partial charge on any atom is 0.0834 e. The number of para-hydroxylation sites is 2. The van der Waals surface area contributed by atoms with Crippen LogP contribution in [0.2, 0.25) is 0 Å². The molecule has 1 fully saturated rings. The summed E-state index contributed by atoms with van der Waals surface area (Å²) in [4.78, 5) is 2.29. The van der Waals surface area contributed by atoms with Crippen LogP contribution >= 0.6 is 0 Å². The quantitative estimate of drug-likeness (QED) is 0.700. The molecule has 4 N–H and O–H groups in total. The van der Waals surface area contributed by atoms with E-state index < -0.39 is 6.10 Å². The molecule has 5 heteroatoms. The molecule has 0 spiro atoms. The Hall–Kier alpha value is -1.30. The van der Waals surface area contributed by atoms with Crippen LogP contribution in [0.4, 0.5) is 11.4 Å². The summed E-state index contributed by atoms with van der Waals surface area (Å²) in [5.74, 6) is 0. The molecule has 1 aromatic rings. The minimum absolute atomic E-state index is 0.271. The highest BCUT2D eigenvalue weighted by atomic mass is 16.5. The summed E-state index contributed by atoms with van der Waals surface area (Å²) in [6, 6.07) is 8.12. The molecule has 1 heterocycles. The van der Waals surface area contributed by atoms with E-state index in [1.165, 1.54) is 0 Å². The van der Waals surface area contributed by atoms with Gasteiger partial charge >= 0.3 is 0 Å². The van der Waals surface area contributed by atoms with Gasteiger partial charge in [0, 0.05) is 26.2 Å². The Labute approximate surface area is 108 Å². The fourth-order valence-corrected chi connectivity index (χ4v) is 2.01. The Morgan fingerprint density at radius 1 is 1.33 bits per heavy atom. The summed E-state index contributed by atoms with van der Waals surface area (Å²) in [7, 11) is 0. The molecule has 5 nitrogen and oxygen atoms in total. The van der Waals surface area contributed by atoms with Gasteiger partial charge in [0.05, 0.1) is 30.7 Å². The smallest absolute Gasteiger partial charge is 0.0834 e. The number of aliphatic hydroxyl groups excluding tert-OH is 1. The summed E-state index contributed by atoms with van der Waals surface area (Å²) in [5, 5.41) is 12.7. The number of ether oxygens (including phenoxy) is 1. The molecule has 0 radical (unpaired) electrons. The maximum atomic E-state index is 9.50. The standard InChI is InChI=1S/C13H21N3O2/c14-9-11(17)10-15-12-3-1-2-4-13(12)16-5-7-18-8-6-16/h1-4,11,15,17H,5-10,14H2. The van der Waals surface area contributed by atoms with Crippen molar-refractivity contribution >= 4 is 11.4 Å². The molecule has 1 aromatic carbocycles. The lowest BCUT2D eigenvalue weighted by molar-refractivity contribution is 0.123. The Morgan fingerprint density at radius 2 is 2.06 bits per heavy atom. The molecule has 1 atom stereocenters. The summed E-state index contributed by atoms with van der Waals surface area (Å²) >= 11 is 0. The van der Waals surface area contributed by atoms with E-state index in [4.69, 9.17) is 10.5 Å². The first-order chi connectivity index (χ1) is 8.81. The van der Waals surface area contributed by atoms with Crippen LogP contribution < -0.4 is 16.0 Å². The lowest BCUT2D eigenvalue weighted by Crippen LogP contribution is -2.37. The van der Waals surface area contributed by atoms with Crippen LogP contribution in [0.1, 0.15) is 0 Å². The van der Waals surface area contributed by atoms with Crippen molar-refractivity contribution in [2.24, 2.45) is 5.73 Å². The van der Waals surface area contributed by atoms with Crippen molar-refractivity contribution in [3.8, 4) is 0 Å². The molecule has 2 rings (SSSR count). The fraction of sp³-hybridized carbons (Fsp3) is 0.538. The Morgan fingerprint density at radius 3 is 2.78 bits per heavy atom. The van der Waals surface area contributed by atoms with E-state index in [1.54, 1.807) is 0 Å². The highest BCUT2D eigenvalue weighted by molar-refractivity contribution is 5.70. The van der Waals surface area contributed by atoms with Gasteiger partial charge in [-0.15, -0.1) is 0 Å². The largest absolute Gasteiger partial charge is 0.390 e. The molecule has 1 aliphatic heterocycles. The second-order valence-corrected chi connectivity index (χ2v) is 4.39. The van der Waals surface area contributed by atoms with Gasteiger partial charge in [0.15, 0.2) is 0 Å². The van der Waals surface area contributed by atoms with Crippen molar-refractivity contribution in [3.63, 3.8) is 0 Å². The number of hydrogen-bond donors (Lipinski definition) is 3. The van der Waals surface area contributed by atoms with E-state index in [1.807, 2.05) is 18.2 Å². The first-order valence-electron chi connectivity index (χ1n) is 6.35. The molecule has 0 aromatic heterocycles. The minimum atomic E-state index is -0.511. The predicted molar refractivity (Wildman–Crippen MR) is 73.0 cm³/mol. The third kappa shape index (κ3) is 3.35. The molecule has 18 heavy (non-hydrogen) atoms. The van der Waals surface area contributed by atoms with Gasteiger partial charge in [-0.3, -0.25) is 0 Å². The first kappa shape index (κ1) is 13.1. The summed E-state index contributed by atoms with van der Waals surface area (Å²) in [6.45, 7) is 4.07. The summed E-state index contributed by atoms with van der Waals surface area (Å²) < 4.78 is 5.36. The second kappa shape index (κ2) is 6.58. The summed E-state index contributed by atoms with van der Waals surface area (Å²) in [6.07, 6.45) is -0.511. The Bertz CT molecular complexity index is 367. The van der Waals surface area contributed by atoms with Crippen LogP contribution in [-0.4, -0.2) is 50.6 Å². The van der Waals surface area contributed by atoms with E-state index >= 15 is 0 Å². The van der Waals surface area contributed by atoms with Crippen molar-refractivity contribution in [2.45, 2.75) is 6.10 Å². The zero-order valence-corrected chi connectivity index (χ0v) is 10.5. The average molecular weight is 251 g/mol. The van der Waals surface area contributed by atoms with Crippen LogP contribution in [0.25, 0.3) is 0 Å². The second-order valence-electron chi connectivity index (χ2n) is 4.39. The van der Waals surface area contributed by atoms with Crippen LogP contribution in [0.5, 0.6) is 0 Å². The lowest BCUT2D eigenvalue weighted by atomic mass is 10.2. The van der Waals surface area contributed by atoms with Crippen molar-refractivity contribution in [1.29, 1.82) is 0 Å². The minimum Gasteiger partial charge on any atom is -0.390 e. The molecule has 100 valence electrons. The number of benzene rings is 1. The van der Waals surface area contributed by atoms with Gasteiger partial charge in [0.25, 0.3) is 0 Å². The normalized spacial score (nSPS) is 17.6. The van der Waals surface area contributed by atoms with Crippen LogP contribution in [-0.2, 0) is 4.74 Å². The van der Waals surface area contributed by atoms with Crippen molar-refractivity contribution < 1.29 is 9.84 Å². The number of nitrogens with zero attached hydrogens (tertiary/aromatic N) is 1. The Balaban J connectivity index is 2.04. The van der Waals surface area contributed by atoms with Crippen molar-refractivity contribution in [3.05, 3.63) is 24.3 Å². The number of aliphatic hydroxyl groups is 1. The zero-order chi connectivity index (χ0) is 12.8. The molecule has 1 saturated heterocycles. The fourth-order valence-electron chi connectivity index (χ4n) is 2.01. The molecule has 1 unspecified atom stereocenters. The number of anilines is 2. The molecule has 0 amide bonds. The van der Waals surface area contributed by atoms with Gasteiger partial charge in [-0.1, -0.05) is 12.1 Å². The van der Waals surface area contributed by atoms with Crippen LogP contribution in [0, 0.1) is 0 Å². The van der Waals surface area contributed by atoms with Crippen molar-refractivity contribution in [2.75, 3.05) is 49.6 Å². The number of morpholine rings is 1. The monoisotopic (exact) mass is 251 g/mol. The highest BCUT2D eigenvalue weighted by Crippen LogP contribution is 2.26. The van der Waals surface area contributed by atoms with Gasteiger partial charge in [-0.2, -0.15) is 0 Å². The zero-order valence-electron chi connectivity index (χ0n) is 10.5. The molecule has 1 aliphatic rings. The van der Waals surface area contributed by atoms with Crippen molar-refractivity contribution in [1.82, 2.24) is 0 Å². The Kier molecular flexibility index (Phi) is 4.81. The maximum absolute atomic E-state index is 9.50. The number of nitrogens with one attached hydrogen (secondary N) is 1. The number of hydrogen-bond acceptors (Lipinski definition) is 5. The number of rotatable bonds is 5. The van der Waals surface area contributed by atoms with E-state index in [0.717, 1.165) is 37.7 Å². The van der Waals surface area contributed by atoms with Gasteiger partial charge < -0.3 is 25.8 Å². The molecule has 0 saturated carbocycles. The topological polar surface area (TPSA) is 70.8 Å². The van der Waals surface area contributed by atoms with E-state index in [-0.39, 0.29) is 6.54 Å². The first-order valence-corrected chi connectivity index (χ1v) is 6.35. The average Bonchev–Trinajstić information content (AvgIpc) is 2.46. The van der Waals surface area contributed by atoms with Crippen LogP contribution in [0.15, 0.2) is 24.3 Å². The van der Waals surface area contributed by atoms with Gasteiger partial charge in [-0.05, 0) is 12.1 Å². The van der Waals surface area contributed by atoms with Crippen LogP contribution in [0.3, 0.4) is 0 Å². The third-order valence-corrected chi connectivity index (χ3v) is 3.06. The molecular weight excluding hydrogens is 230 g/mol. The molecular formula is C13H21N3O2. The summed E-state index contributed by atoms with van der Waals surface area (Å²) in [5.41, 5.74) is 7.59. The van der Waals surface area contributed by atoms with E-state index in [2.05, 4.69) is 16.3 Å². The SMILES string of the molecule is NCC(O)CNc1ccccc1N1CCOCC1. The van der Waals surface area contributed by atoms with E-state index in [0.29, 0.717) is 6.54 Å². The van der Waals surface area contributed by atoms with E-state index in [9.17, 15) is 5.11 Å². The van der Waals surface area contributed by atoms with Gasteiger partial charge in [0.2, 0.25) is 0 Å². The van der Waals surface area contributed by atoms with Gasteiger partial charge in [-0.25, -0.2) is 0 Å². The highest BCUT2D eigenvalue weighted by Gasteiger charge is 2.14. The van der Waals surface area contributed by atoms with Gasteiger partial charge in [0.1, 0.15) is 0 Å². The molecule has 0 bridgehead atoms. The molecule has 0 aliphatic carbocycles. The third-order valence-electron chi connectivity index (χ3n) is 3.06.